The summed E-state index contributed by atoms with van der Waals surface area (Å²) in [6, 6.07) is 18.1. The van der Waals surface area contributed by atoms with Crippen LogP contribution < -0.4 is 5.32 Å². The van der Waals surface area contributed by atoms with Crippen LogP contribution in [-0.2, 0) is 6.42 Å². The number of nitrogens with one attached hydrogen (secondary N) is 2. The fourth-order valence-electron chi connectivity index (χ4n) is 2.87. The van der Waals surface area contributed by atoms with Gasteiger partial charge >= 0.3 is 0 Å². The van der Waals surface area contributed by atoms with Crippen LogP contribution in [0.25, 0.3) is 11.3 Å². The fraction of sp³-hybridized carbons (Fsp3) is 0.100. The van der Waals surface area contributed by atoms with E-state index in [1.807, 2.05) is 48.5 Å². The monoisotopic (exact) mass is 393 g/mol. The summed E-state index contributed by atoms with van der Waals surface area (Å²) in [4.78, 5) is 16.9. The molecule has 0 aliphatic rings. The summed E-state index contributed by atoms with van der Waals surface area (Å²) in [7, 11) is 0. The Bertz CT molecular complexity index is 1060. The van der Waals surface area contributed by atoms with Crippen LogP contribution >= 0.6 is 11.6 Å². The van der Waals surface area contributed by atoms with Gasteiger partial charge < -0.3 is 9.84 Å². The molecule has 2 N–H and O–H groups in total. The molecule has 8 heteroatoms. The normalized spacial score (nSPS) is 11.9. The van der Waals surface area contributed by atoms with E-state index in [1.165, 1.54) is 6.33 Å². The van der Waals surface area contributed by atoms with Gasteiger partial charge in [-0.1, -0.05) is 65.3 Å². The van der Waals surface area contributed by atoms with Crippen molar-refractivity contribution in [3.05, 3.63) is 89.2 Å². The molecule has 1 atom stereocenters. The van der Waals surface area contributed by atoms with E-state index in [1.54, 1.807) is 12.1 Å². The van der Waals surface area contributed by atoms with Crippen LogP contribution in [0, 0.1) is 0 Å². The molecule has 4 aromatic rings. The highest BCUT2D eigenvalue weighted by atomic mass is 35.5. The van der Waals surface area contributed by atoms with Crippen LogP contribution in [0.15, 0.2) is 71.5 Å². The molecule has 0 aliphatic carbocycles. The fourth-order valence-corrected chi connectivity index (χ4v) is 3.10. The number of amides is 1. The molecule has 140 valence electrons. The molecule has 1 unspecified atom stereocenters. The molecule has 28 heavy (non-hydrogen) atoms. The zero-order valence-electron chi connectivity index (χ0n) is 14.7. The first-order valence-corrected chi connectivity index (χ1v) is 9.00. The van der Waals surface area contributed by atoms with Gasteiger partial charge in [-0.15, -0.1) is 0 Å². The topological polar surface area (TPSA) is 96.7 Å². The highest BCUT2D eigenvalue weighted by molar-refractivity contribution is 6.33. The quantitative estimate of drug-likeness (QED) is 0.519. The maximum absolute atomic E-state index is 12.8. The van der Waals surface area contributed by atoms with Crippen LogP contribution in [0.4, 0.5) is 0 Å². The van der Waals surface area contributed by atoms with Crippen LogP contribution in [0.5, 0.6) is 0 Å². The van der Waals surface area contributed by atoms with E-state index < -0.39 is 0 Å². The Kier molecular flexibility index (Phi) is 5.16. The highest BCUT2D eigenvalue weighted by Gasteiger charge is 2.21. The van der Waals surface area contributed by atoms with Crippen LogP contribution in [-0.4, -0.2) is 26.2 Å². The molecule has 0 saturated carbocycles. The van der Waals surface area contributed by atoms with Crippen molar-refractivity contribution >= 4 is 17.5 Å². The molecule has 0 bridgehead atoms. The first-order valence-electron chi connectivity index (χ1n) is 8.62. The lowest BCUT2D eigenvalue weighted by Crippen LogP contribution is -2.30. The van der Waals surface area contributed by atoms with E-state index in [-0.39, 0.29) is 17.7 Å². The number of aromatic nitrogens is 4. The number of hydrogen-bond donors (Lipinski definition) is 2. The van der Waals surface area contributed by atoms with Gasteiger partial charge in [0, 0.05) is 18.1 Å². The van der Waals surface area contributed by atoms with Gasteiger partial charge in [-0.2, -0.15) is 5.10 Å². The number of aromatic amines is 1. The van der Waals surface area contributed by atoms with Crippen LogP contribution in [0.2, 0.25) is 5.02 Å². The molecule has 0 spiro atoms. The van der Waals surface area contributed by atoms with Crippen molar-refractivity contribution in [1.82, 2.24) is 25.7 Å². The number of rotatable bonds is 6. The lowest BCUT2D eigenvalue weighted by molar-refractivity contribution is 0.0899. The third kappa shape index (κ3) is 3.94. The molecule has 2 aromatic carbocycles. The Morgan fingerprint density at radius 1 is 1.14 bits per heavy atom. The SMILES string of the molecule is O=C(NC(Cc1ncn[nH]1)c1ccccc1)c1cc(-c2ccccc2Cl)no1. The molecular weight excluding hydrogens is 378 g/mol. The van der Waals surface area contributed by atoms with Crippen molar-refractivity contribution in [2.45, 2.75) is 12.5 Å². The highest BCUT2D eigenvalue weighted by Crippen LogP contribution is 2.27. The standard InChI is InChI=1S/C20H16ClN5O2/c21-15-9-5-4-8-14(15)17-10-18(28-26-17)20(27)24-16(11-19-22-12-23-25-19)13-6-2-1-3-7-13/h1-10,12,16H,11H2,(H,24,27)(H,22,23,25). The summed E-state index contributed by atoms with van der Waals surface area (Å²) in [5, 5.41) is 14.2. The maximum Gasteiger partial charge on any atom is 0.290 e. The number of halogens is 1. The van der Waals surface area contributed by atoms with Gasteiger partial charge in [0.15, 0.2) is 0 Å². The van der Waals surface area contributed by atoms with Gasteiger partial charge in [-0.3, -0.25) is 9.89 Å². The van der Waals surface area contributed by atoms with Gasteiger partial charge in [0.05, 0.1) is 11.1 Å². The molecule has 0 saturated heterocycles. The predicted octanol–water partition coefficient (Wildman–Crippen LogP) is 3.83. The minimum atomic E-state index is -0.376. The van der Waals surface area contributed by atoms with E-state index in [0.717, 1.165) is 5.56 Å². The minimum Gasteiger partial charge on any atom is -0.350 e. The Hall–Kier alpha value is -3.45. The third-order valence-corrected chi connectivity index (χ3v) is 4.58. The minimum absolute atomic E-state index is 0.105. The summed E-state index contributed by atoms with van der Waals surface area (Å²) >= 11 is 6.19. The van der Waals surface area contributed by atoms with E-state index in [4.69, 9.17) is 16.1 Å². The number of carbonyl (C=O) groups is 1. The molecule has 4 rings (SSSR count). The first kappa shape index (κ1) is 17.9. The number of benzene rings is 2. The van der Waals surface area contributed by atoms with E-state index in [2.05, 4.69) is 25.7 Å². The summed E-state index contributed by atoms with van der Waals surface area (Å²) in [6.45, 7) is 0. The molecule has 7 nitrogen and oxygen atoms in total. The number of H-pyrrole nitrogens is 1. The lowest BCUT2D eigenvalue weighted by Gasteiger charge is -2.17. The summed E-state index contributed by atoms with van der Waals surface area (Å²) in [5.41, 5.74) is 2.15. The summed E-state index contributed by atoms with van der Waals surface area (Å²) in [6.07, 6.45) is 1.90. The third-order valence-electron chi connectivity index (χ3n) is 4.25. The Morgan fingerprint density at radius 2 is 1.93 bits per heavy atom. The van der Waals surface area contributed by atoms with Crippen molar-refractivity contribution < 1.29 is 9.32 Å². The smallest absolute Gasteiger partial charge is 0.290 e. The first-order chi connectivity index (χ1) is 13.7. The van der Waals surface area contributed by atoms with Crippen molar-refractivity contribution in [2.75, 3.05) is 0 Å². The molecular formula is C20H16ClN5O2. The molecule has 2 aromatic heterocycles. The van der Waals surface area contributed by atoms with Gasteiger partial charge in [-0.25, -0.2) is 4.98 Å². The lowest BCUT2D eigenvalue weighted by atomic mass is 10.0. The average Bonchev–Trinajstić information content (AvgIpc) is 3.41. The molecule has 0 radical (unpaired) electrons. The average molecular weight is 394 g/mol. The van der Waals surface area contributed by atoms with Gasteiger partial charge in [0.25, 0.3) is 5.91 Å². The Morgan fingerprint density at radius 3 is 2.68 bits per heavy atom. The van der Waals surface area contributed by atoms with Crippen molar-refractivity contribution in [3.8, 4) is 11.3 Å². The second-order valence-electron chi connectivity index (χ2n) is 6.13. The zero-order chi connectivity index (χ0) is 19.3. The van der Waals surface area contributed by atoms with E-state index in [9.17, 15) is 4.79 Å². The van der Waals surface area contributed by atoms with Gasteiger partial charge in [0.2, 0.25) is 5.76 Å². The van der Waals surface area contributed by atoms with Crippen LogP contribution in [0.3, 0.4) is 0 Å². The van der Waals surface area contributed by atoms with Crippen molar-refractivity contribution in [3.63, 3.8) is 0 Å². The van der Waals surface area contributed by atoms with Gasteiger partial charge in [0.1, 0.15) is 17.8 Å². The zero-order valence-corrected chi connectivity index (χ0v) is 15.4. The summed E-state index contributed by atoms with van der Waals surface area (Å²) < 4.78 is 5.25. The molecule has 1 amide bonds. The van der Waals surface area contributed by atoms with Gasteiger partial charge in [-0.05, 0) is 11.6 Å². The maximum atomic E-state index is 12.8. The Labute approximate surface area is 165 Å². The second-order valence-corrected chi connectivity index (χ2v) is 6.54. The Balaban J connectivity index is 1.55. The number of hydrogen-bond acceptors (Lipinski definition) is 5. The van der Waals surface area contributed by atoms with E-state index in [0.29, 0.717) is 28.5 Å². The molecule has 0 aliphatic heterocycles. The van der Waals surface area contributed by atoms with E-state index >= 15 is 0 Å². The second kappa shape index (κ2) is 8.06. The summed E-state index contributed by atoms with van der Waals surface area (Å²) in [5.74, 6) is 0.399. The van der Waals surface area contributed by atoms with Crippen molar-refractivity contribution in [2.24, 2.45) is 0 Å². The van der Waals surface area contributed by atoms with Crippen LogP contribution in [0.1, 0.15) is 28.0 Å². The predicted molar refractivity (Wildman–Crippen MR) is 104 cm³/mol. The van der Waals surface area contributed by atoms with Crippen molar-refractivity contribution in [1.29, 1.82) is 0 Å². The number of carbonyl (C=O) groups excluding carboxylic acids is 1. The molecule has 2 heterocycles. The number of nitrogens with zero attached hydrogens (tertiary/aromatic N) is 3. The largest absolute Gasteiger partial charge is 0.350 e. The molecule has 0 fully saturated rings.